The monoisotopic (exact) mass is 212 g/mol. The largest absolute Gasteiger partial charge is 0.316 e. The number of hydrogen-bond donors (Lipinski definition) is 1. The lowest BCUT2D eigenvalue weighted by Gasteiger charge is -2.33. The Morgan fingerprint density at radius 2 is 2.00 bits per heavy atom. The summed E-state index contributed by atoms with van der Waals surface area (Å²) in [6, 6.07) is 1.34. The molecule has 0 aromatic heterocycles. The summed E-state index contributed by atoms with van der Waals surface area (Å²) in [5.74, 6) is 0.817. The topological polar surface area (TPSA) is 15.3 Å². The van der Waals surface area contributed by atoms with Crippen LogP contribution in [-0.2, 0) is 0 Å². The van der Waals surface area contributed by atoms with E-state index in [4.69, 9.17) is 0 Å². The van der Waals surface area contributed by atoms with Gasteiger partial charge < -0.3 is 10.2 Å². The van der Waals surface area contributed by atoms with Gasteiger partial charge in [-0.1, -0.05) is 13.8 Å². The molecule has 1 aliphatic rings. The van der Waals surface area contributed by atoms with Crippen LogP contribution in [0.25, 0.3) is 0 Å². The van der Waals surface area contributed by atoms with Gasteiger partial charge in [0.05, 0.1) is 0 Å². The van der Waals surface area contributed by atoms with Crippen molar-refractivity contribution in [3.8, 4) is 0 Å². The van der Waals surface area contributed by atoms with Gasteiger partial charge in [0, 0.05) is 18.6 Å². The van der Waals surface area contributed by atoms with Crippen molar-refractivity contribution in [3.05, 3.63) is 0 Å². The molecule has 0 saturated heterocycles. The number of nitrogens with one attached hydrogen (secondary N) is 1. The Morgan fingerprint density at radius 1 is 1.40 bits per heavy atom. The Morgan fingerprint density at radius 3 is 2.47 bits per heavy atom. The number of hydrogen-bond acceptors (Lipinski definition) is 2. The van der Waals surface area contributed by atoms with Crippen molar-refractivity contribution in [2.24, 2.45) is 11.3 Å². The van der Waals surface area contributed by atoms with Crippen LogP contribution in [0.1, 0.15) is 40.5 Å². The van der Waals surface area contributed by atoms with E-state index in [9.17, 15) is 0 Å². The Labute approximate surface area is 95.4 Å². The van der Waals surface area contributed by atoms with E-state index in [1.54, 1.807) is 0 Å². The lowest BCUT2D eigenvalue weighted by Crippen LogP contribution is -2.44. The van der Waals surface area contributed by atoms with Gasteiger partial charge in [-0.3, -0.25) is 0 Å². The second-order valence-electron chi connectivity index (χ2n) is 6.09. The summed E-state index contributed by atoms with van der Waals surface area (Å²) in [6.45, 7) is 10.6. The molecule has 2 atom stereocenters. The third-order valence-electron chi connectivity index (χ3n) is 4.19. The fraction of sp³-hybridized carbons (Fsp3) is 1.00. The highest BCUT2D eigenvalue weighted by molar-refractivity contribution is 4.96. The lowest BCUT2D eigenvalue weighted by molar-refractivity contribution is 0.188. The minimum atomic E-state index is 0.469. The van der Waals surface area contributed by atoms with Crippen LogP contribution in [0, 0.1) is 11.3 Å². The molecule has 1 saturated carbocycles. The molecule has 0 bridgehead atoms. The predicted molar refractivity (Wildman–Crippen MR) is 67.1 cm³/mol. The highest BCUT2D eigenvalue weighted by Gasteiger charge is 2.41. The van der Waals surface area contributed by atoms with E-state index in [0.717, 1.165) is 5.92 Å². The van der Waals surface area contributed by atoms with Gasteiger partial charge in [-0.05, 0) is 52.1 Å². The molecule has 2 unspecified atom stereocenters. The van der Waals surface area contributed by atoms with Gasteiger partial charge >= 0.3 is 0 Å². The van der Waals surface area contributed by atoms with Crippen molar-refractivity contribution in [1.82, 2.24) is 10.2 Å². The number of rotatable bonds is 4. The first-order chi connectivity index (χ1) is 6.88. The van der Waals surface area contributed by atoms with Crippen LogP contribution in [0.2, 0.25) is 0 Å². The van der Waals surface area contributed by atoms with Gasteiger partial charge in [-0.15, -0.1) is 0 Å². The Bertz CT molecular complexity index is 199. The number of nitrogens with zero attached hydrogens (tertiary/aromatic N) is 1. The summed E-state index contributed by atoms with van der Waals surface area (Å²) in [7, 11) is 4.35. The van der Waals surface area contributed by atoms with E-state index in [2.05, 4.69) is 52.0 Å². The van der Waals surface area contributed by atoms with Crippen LogP contribution in [0.4, 0.5) is 0 Å². The molecule has 2 nitrogen and oxygen atoms in total. The summed E-state index contributed by atoms with van der Waals surface area (Å²) >= 11 is 0. The van der Waals surface area contributed by atoms with Crippen LogP contribution in [-0.4, -0.2) is 37.6 Å². The molecule has 0 amide bonds. The molecule has 1 N–H and O–H groups in total. The van der Waals surface area contributed by atoms with E-state index in [-0.39, 0.29) is 0 Å². The SMILES string of the molecule is CNC1C(CN(C)C(C)C)CCC1(C)C. The fourth-order valence-electron chi connectivity index (χ4n) is 2.92. The molecule has 1 rings (SSSR count). The maximum atomic E-state index is 3.52. The average molecular weight is 212 g/mol. The van der Waals surface area contributed by atoms with Crippen LogP contribution < -0.4 is 5.32 Å². The first-order valence-electron chi connectivity index (χ1n) is 6.26. The van der Waals surface area contributed by atoms with Crippen LogP contribution in [0.5, 0.6) is 0 Å². The summed E-state index contributed by atoms with van der Waals surface area (Å²) in [5.41, 5.74) is 0.469. The molecule has 0 radical (unpaired) electrons. The third kappa shape index (κ3) is 2.94. The van der Waals surface area contributed by atoms with Crippen molar-refractivity contribution >= 4 is 0 Å². The molecule has 1 fully saturated rings. The van der Waals surface area contributed by atoms with Gasteiger partial charge in [0.1, 0.15) is 0 Å². The Hall–Kier alpha value is -0.0800. The van der Waals surface area contributed by atoms with Gasteiger partial charge in [0.15, 0.2) is 0 Å². The van der Waals surface area contributed by atoms with Crippen LogP contribution in [0.3, 0.4) is 0 Å². The molecular weight excluding hydrogens is 184 g/mol. The van der Waals surface area contributed by atoms with Crippen molar-refractivity contribution in [2.45, 2.75) is 52.6 Å². The molecule has 0 spiro atoms. The van der Waals surface area contributed by atoms with Gasteiger partial charge in [-0.2, -0.15) is 0 Å². The van der Waals surface area contributed by atoms with Crippen LogP contribution >= 0.6 is 0 Å². The molecular formula is C13H28N2. The highest BCUT2D eigenvalue weighted by atomic mass is 15.1. The van der Waals surface area contributed by atoms with Crippen LogP contribution in [0.15, 0.2) is 0 Å². The molecule has 0 aromatic rings. The summed E-state index contributed by atoms with van der Waals surface area (Å²) in [6.07, 6.45) is 2.73. The van der Waals surface area contributed by atoms with Crippen molar-refractivity contribution < 1.29 is 0 Å². The Balaban J connectivity index is 2.57. The maximum absolute atomic E-state index is 3.52. The molecule has 2 heteroatoms. The third-order valence-corrected chi connectivity index (χ3v) is 4.19. The van der Waals surface area contributed by atoms with Crippen molar-refractivity contribution in [3.63, 3.8) is 0 Å². The molecule has 15 heavy (non-hydrogen) atoms. The molecule has 1 aliphatic carbocycles. The second-order valence-corrected chi connectivity index (χ2v) is 6.09. The van der Waals surface area contributed by atoms with E-state index in [1.807, 2.05) is 0 Å². The zero-order valence-corrected chi connectivity index (χ0v) is 11.3. The van der Waals surface area contributed by atoms with Gasteiger partial charge in [0.2, 0.25) is 0 Å². The van der Waals surface area contributed by atoms with Crippen molar-refractivity contribution in [2.75, 3.05) is 20.6 Å². The first kappa shape index (κ1) is 13.0. The van der Waals surface area contributed by atoms with Crippen molar-refractivity contribution in [1.29, 1.82) is 0 Å². The van der Waals surface area contributed by atoms with E-state index < -0.39 is 0 Å². The standard InChI is InChI=1S/C13H28N2/c1-10(2)15(6)9-11-7-8-13(3,4)12(11)14-5/h10-12,14H,7-9H2,1-6H3. The zero-order chi connectivity index (χ0) is 11.6. The molecule has 0 aromatic carbocycles. The van der Waals surface area contributed by atoms with E-state index in [0.29, 0.717) is 17.5 Å². The molecule has 0 aliphatic heterocycles. The molecule has 90 valence electrons. The fourth-order valence-corrected chi connectivity index (χ4v) is 2.92. The minimum absolute atomic E-state index is 0.469. The Kier molecular flexibility index (Phi) is 4.19. The minimum Gasteiger partial charge on any atom is -0.316 e. The normalized spacial score (nSPS) is 30.4. The molecule has 0 heterocycles. The smallest absolute Gasteiger partial charge is 0.0156 e. The average Bonchev–Trinajstić information content (AvgIpc) is 2.41. The first-order valence-corrected chi connectivity index (χ1v) is 6.26. The lowest BCUT2D eigenvalue weighted by atomic mass is 9.85. The predicted octanol–water partition coefficient (Wildman–Crippen LogP) is 2.35. The van der Waals surface area contributed by atoms with E-state index >= 15 is 0 Å². The van der Waals surface area contributed by atoms with Gasteiger partial charge in [-0.25, -0.2) is 0 Å². The second kappa shape index (κ2) is 4.84. The zero-order valence-electron chi connectivity index (χ0n) is 11.3. The maximum Gasteiger partial charge on any atom is 0.0156 e. The quantitative estimate of drug-likeness (QED) is 0.769. The van der Waals surface area contributed by atoms with E-state index in [1.165, 1.54) is 19.4 Å². The summed E-state index contributed by atoms with van der Waals surface area (Å²) < 4.78 is 0. The highest BCUT2D eigenvalue weighted by Crippen LogP contribution is 2.41. The summed E-state index contributed by atoms with van der Waals surface area (Å²) in [4.78, 5) is 2.47. The van der Waals surface area contributed by atoms with Gasteiger partial charge in [0.25, 0.3) is 0 Å². The summed E-state index contributed by atoms with van der Waals surface area (Å²) in [5, 5.41) is 3.52.